The van der Waals surface area contributed by atoms with Crippen LogP contribution < -0.4 is 5.32 Å². The molecule has 18 heavy (non-hydrogen) atoms. The van der Waals surface area contributed by atoms with Gasteiger partial charge in [-0.05, 0) is 50.4 Å². The van der Waals surface area contributed by atoms with Crippen LogP contribution in [-0.4, -0.2) is 18.1 Å². The van der Waals surface area contributed by atoms with E-state index in [-0.39, 0.29) is 0 Å². The third-order valence-corrected chi connectivity index (χ3v) is 3.80. The summed E-state index contributed by atoms with van der Waals surface area (Å²) >= 11 is 0. The van der Waals surface area contributed by atoms with Crippen molar-refractivity contribution < 1.29 is 0 Å². The van der Waals surface area contributed by atoms with Gasteiger partial charge >= 0.3 is 0 Å². The number of nitrogens with one attached hydrogen (secondary N) is 1. The SMILES string of the molecule is c1ccc2nc(CC3CCCCNC3)ccc2c1. The maximum Gasteiger partial charge on any atom is 0.0705 e. The average Bonchev–Trinajstić information content (AvgIpc) is 2.67. The molecule has 1 fully saturated rings. The molecule has 1 aliphatic rings. The van der Waals surface area contributed by atoms with Crippen LogP contribution in [-0.2, 0) is 6.42 Å². The molecular weight excluding hydrogens is 220 g/mol. The second kappa shape index (κ2) is 5.49. The summed E-state index contributed by atoms with van der Waals surface area (Å²) < 4.78 is 0. The van der Waals surface area contributed by atoms with E-state index in [9.17, 15) is 0 Å². The van der Waals surface area contributed by atoms with E-state index in [1.807, 2.05) is 0 Å². The van der Waals surface area contributed by atoms with E-state index in [2.05, 4.69) is 41.7 Å². The Morgan fingerprint density at radius 2 is 2.06 bits per heavy atom. The number of hydrogen-bond acceptors (Lipinski definition) is 2. The Morgan fingerprint density at radius 1 is 1.11 bits per heavy atom. The number of para-hydroxylation sites is 1. The molecule has 2 heteroatoms. The molecule has 1 aromatic carbocycles. The van der Waals surface area contributed by atoms with E-state index >= 15 is 0 Å². The molecule has 1 aromatic heterocycles. The molecule has 2 aromatic rings. The third kappa shape index (κ3) is 2.70. The summed E-state index contributed by atoms with van der Waals surface area (Å²) in [5, 5.41) is 4.76. The van der Waals surface area contributed by atoms with Gasteiger partial charge in [0.2, 0.25) is 0 Å². The predicted octanol–water partition coefficient (Wildman–Crippen LogP) is 3.17. The summed E-state index contributed by atoms with van der Waals surface area (Å²) in [6.07, 6.45) is 5.12. The molecule has 1 aliphatic heterocycles. The number of benzene rings is 1. The summed E-state index contributed by atoms with van der Waals surface area (Å²) in [6.45, 7) is 2.33. The van der Waals surface area contributed by atoms with Crippen LogP contribution in [0.5, 0.6) is 0 Å². The molecule has 2 heterocycles. The minimum atomic E-state index is 0.751. The lowest BCUT2D eigenvalue weighted by Crippen LogP contribution is -2.22. The highest BCUT2D eigenvalue weighted by atomic mass is 14.9. The van der Waals surface area contributed by atoms with Gasteiger partial charge in [-0.3, -0.25) is 4.98 Å². The van der Waals surface area contributed by atoms with E-state index in [1.165, 1.54) is 36.9 Å². The molecule has 2 nitrogen and oxygen atoms in total. The van der Waals surface area contributed by atoms with Crippen molar-refractivity contribution in [3.05, 3.63) is 42.1 Å². The second-order valence-corrected chi connectivity index (χ2v) is 5.27. The zero-order valence-corrected chi connectivity index (χ0v) is 10.7. The molecule has 0 radical (unpaired) electrons. The highest BCUT2D eigenvalue weighted by Crippen LogP contribution is 2.18. The standard InChI is InChI=1S/C16H20N2/c1-2-7-16-14(6-1)8-9-15(18-16)11-13-5-3-4-10-17-12-13/h1-2,6-9,13,17H,3-5,10-12H2. The van der Waals surface area contributed by atoms with Gasteiger partial charge in [-0.2, -0.15) is 0 Å². The van der Waals surface area contributed by atoms with Gasteiger partial charge in [0.1, 0.15) is 0 Å². The van der Waals surface area contributed by atoms with E-state index in [0.717, 1.165) is 24.4 Å². The fourth-order valence-electron chi connectivity index (χ4n) is 2.78. The highest BCUT2D eigenvalue weighted by molar-refractivity contribution is 5.78. The highest BCUT2D eigenvalue weighted by Gasteiger charge is 2.13. The van der Waals surface area contributed by atoms with Crippen LogP contribution in [0.15, 0.2) is 36.4 Å². The van der Waals surface area contributed by atoms with E-state index < -0.39 is 0 Å². The number of hydrogen-bond donors (Lipinski definition) is 1. The summed E-state index contributed by atoms with van der Waals surface area (Å²) in [6, 6.07) is 12.7. The smallest absolute Gasteiger partial charge is 0.0705 e. The van der Waals surface area contributed by atoms with Gasteiger partial charge in [-0.25, -0.2) is 0 Å². The van der Waals surface area contributed by atoms with Crippen LogP contribution in [0.3, 0.4) is 0 Å². The van der Waals surface area contributed by atoms with Gasteiger partial charge in [0.15, 0.2) is 0 Å². The maximum atomic E-state index is 4.77. The average molecular weight is 240 g/mol. The fourth-order valence-corrected chi connectivity index (χ4v) is 2.78. The molecule has 1 unspecified atom stereocenters. The molecule has 0 amide bonds. The first-order valence-corrected chi connectivity index (χ1v) is 6.97. The summed E-state index contributed by atoms with van der Waals surface area (Å²) in [5.74, 6) is 0.751. The van der Waals surface area contributed by atoms with Crippen molar-refractivity contribution in [1.29, 1.82) is 0 Å². The normalized spacial score (nSPS) is 20.8. The number of aromatic nitrogens is 1. The van der Waals surface area contributed by atoms with Crippen molar-refractivity contribution in [2.24, 2.45) is 5.92 Å². The monoisotopic (exact) mass is 240 g/mol. The van der Waals surface area contributed by atoms with E-state index in [1.54, 1.807) is 0 Å². The number of pyridine rings is 1. The first-order chi connectivity index (χ1) is 8.92. The third-order valence-electron chi connectivity index (χ3n) is 3.80. The van der Waals surface area contributed by atoms with Gasteiger partial charge in [0.05, 0.1) is 5.52 Å². The Morgan fingerprint density at radius 3 is 3.06 bits per heavy atom. The molecule has 0 saturated carbocycles. The summed E-state index contributed by atoms with van der Waals surface area (Å²) in [5.41, 5.74) is 2.36. The van der Waals surface area contributed by atoms with Crippen molar-refractivity contribution in [2.75, 3.05) is 13.1 Å². The molecule has 0 aliphatic carbocycles. The predicted molar refractivity (Wildman–Crippen MR) is 75.7 cm³/mol. The van der Waals surface area contributed by atoms with Crippen LogP contribution in [0, 0.1) is 5.92 Å². The Bertz CT molecular complexity index is 513. The second-order valence-electron chi connectivity index (χ2n) is 5.27. The molecular formula is C16H20N2. The topological polar surface area (TPSA) is 24.9 Å². The van der Waals surface area contributed by atoms with Gasteiger partial charge in [-0.1, -0.05) is 30.7 Å². The lowest BCUT2D eigenvalue weighted by molar-refractivity contribution is 0.473. The fraction of sp³-hybridized carbons (Fsp3) is 0.438. The molecule has 0 bridgehead atoms. The number of nitrogens with zero attached hydrogens (tertiary/aromatic N) is 1. The van der Waals surface area contributed by atoms with Crippen molar-refractivity contribution in [2.45, 2.75) is 25.7 Å². The Hall–Kier alpha value is -1.41. The number of fused-ring (bicyclic) bond motifs is 1. The zero-order chi connectivity index (χ0) is 12.2. The molecule has 1 N–H and O–H groups in total. The first kappa shape index (κ1) is 11.7. The lowest BCUT2D eigenvalue weighted by atomic mass is 9.97. The van der Waals surface area contributed by atoms with Crippen LogP contribution in [0.1, 0.15) is 25.0 Å². The van der Waals surface area contributed by atoms with E-state index in [0.29, 0.717) is 0 Å². The lowest BCUT2D eigenvalue weighted by Gasteiger charge is -2.13. The molecule has 3 rings (SSSR count). The maximum absolute atomic E-state index is 4.77. The van der Waals surface area contributed by atoms with Gasteiger partial charge in [-0.15, -0.1) is 0 Å². The molecule has 94 valence electrons. The Labute approximate surface area is 108 Å². The van der Waals surface area contributed by atoms with Gasteiger partial charge in [0, 0.05) is 11.1 Å². The van der Waals surface area contributed by atoms with Crippen molar-refractivity contribution >= 4 is 10.9 Å². The summed E-state index contributed by atoms with van der Waals surface area (Å²) in [7, 11) is 0. The van der Waals surface area contributed by atoms with Crippen LogP contribution in [0.4, 0.5) is 0 Å². The van der Waals surface area contributed by atoms with Gasteiger partial charge in [0.25, 0.3) is 0 Å². The quantitative estimate of drug-likeness (QED) is 0.872. The molecule has 0 spiro atoms. The number of rotatable bonds is 2. The van der Waals surface area contributed by atoms with Crippen molar-refractivity contribution in [1.82, 2.24) is 10.3 Å². The van der Waals surface area contributed by atoms with E-state index in [4.69, 9.17) is 4.98 Å². The minimum Gasteiger partial charge on any atom is -0.316 e. The van der Waals surface area contributed by atoms with Crippen LogP contribution in [0.25, 0.3) is 10.9 Å². The molecule has 1 atom stereocenters. The van der Waals surface area contributed by atoms with Crippen LogP contribution >= 0.6 is 0 Å². The summed E-state index contributed by atoms with van der Waals surface area (Å²) in [4.78, 5) is 4.77. The van der Waals surface area contributed by atoms with Gasteiger partial charge < -0.3 is 5.32 Å². The Kier molecular flexibility index (Phi) is 3.56. The van der Waals surface area contributed by atoms with Crippen molar-refractivity contribution in [3.63, 3.8) is 0 Å². The largest absolute Gasteiger partial charge is 0.316 e. The Balaban J connectivity index is 1.77. The van der Waals surface area contributed by atoms with Crippen LogP contribution in [0.2, 0.25) is 0 Å². The first-order valence-electron chi connectivity index (χ1n) is 6.97. The zero-order valence-electron chi connectivity index (χ0n) is 10.7. The van der Waals surface area contributed by atoms with Crippen molar-refractivity contribution in [3.8, 4) is 0 Å². The molecule has 1 saturated heterocycles. The minimum absolute atomic E-state index is 0.751.